The van der Waals surface area contributed by atoms with Crippen LogP contribution < -0.4 is 0 Å². The Balaban J connectivity index is 3.36. The van der Waals surface area contributed by atoms with E-state index in [-0.39, 0.29) is 19.4 Å². The van der Waals surface area contributed by atoms with E-state index in [0.717, 1.165) is 0 Å². The van der Waals surface area contributed by atoms with Gasteiger partial charge in [-0.3, -0.25) is 4.79 Å². The van der Waals surface area contributed by atoms with E-state index in [2.05, 4.69) is 4.74 Å². The molecule has 0 bridgehead atoms. The highest BCUT2D eigenvalue weighted by Gasteiger charge is 2.06. The van der Waals surface area contributed by atoms with Crippen LogP contribution in [-0.2, 0) is 14.3 Å². The maximum absolute atomic E-state index is 10.6. The molecule has 0 aromatic rings. The van der Waals surface area contributed by atoms with E-state index in [1.54, 1.807) is 0 Å². The average molecular weight is 176 g/mol. The van der Waals surface area contributed by atoms with Crippen molar-refractivity contribution in [1.82, 2.24) is 0 Å². The lowest BCUT2D eigenvalue weighted by atomic mass is 10.3. The molecule has 1 atom stereocenters. The molecule has 0 saturated carbocycles. The molecule has 0 fully saturated rings. The van der Waals surface area contributed by atoms with Crippen LogP contribution in [0.25, 0.3) is 0 Å². The normalized spacial score (nSPS) is 12.2. The molecule has 5 nitrogen and oxygen atoms in total. The highest BCUT2D eigenvalue weighted by atomic mass is 16.5. The first-order valence-corrected chi connectivity index (χ1v) is 3.59. The van der Waals surface area contributed by atoms with Gasteiger partial charge in [0.1, 0.15) is 19.0 Å². The van der Waals surface area contributed by atoms with Crippen molar-refractivity contribution in [3.8, 4) is 0 Å². The van der Waals surface area contributed by atoms with Gasteiger partial charge in [-0.25, -0.2) is 0 Å². The van der Waals surface area contributed by atoms with Crippen molar-refractivity contribution in [3.63, 3.8) is 0 Å². The molecule has 70 valence electrons. The number of hydrogen-bond donors (Lipinski definition) is 2. The number of esters is 1. The molecule has 0 aliphatic rings. The van der Waals surface area contributed by atoms with Crippen LogP contribution in [-0.4, -0.2) is 41.8 Å². The Bertz CT molecular complexity index is 145. The Kier molecular flexibility index (Phi) is 6.22. The quantitative estimate of drug-likeness (QED) is 0.395. The van der Waals surface area contributed by atoms with E-state index in [1.165, 1.54) is 0 Å². The van der Waals surface area contributed by atoms with Crippen LogP contribution in [0.2, 0.25) is 0 Å². The maximum atomic E-state index is 10.6. The molecule has 0 amide bonds. The fourth-order valence-corrected chi connectivity index (χ4v) is 0.491. The fourth-order valence-electron chi connectivity index (χ4n) is 0.491. The Hall–Kier alpha value is -0.940. The molecular formula is C7H12O5. The molecule has 0 aromatic heterocycles. The second-order valence-electron chi connectivity index (χ2n) is 2.22. The Labute approximate surface area is 70.0 Å². The predicted molar refractivity (Wildman–Crippen MR) is 39.3 cm³/mol. The van der Waals surface area contributed by atoms with Crippen LogP contribution in [0.3, 0.4) is 0 Å². The van der Waals surface area contributed by atoms with E-state index in [1.807, 2.05) is 0 Å². The van der Waals surface area contributed by atoms with Crippen LogP contribution >= 0.6 is 0 Å². The number of aliphatic hydroxyl groups is 2. The molecule has 0 rings (SSSR count). The van der Waals surface area contributed by atoms with Crippen LogP contribution in [0.15, 0.2) is 0 Å². The molecule has 0 aromatic carbocycles. The summed E-state index contributed by atoms with van der Waals surface area (Å²) in [6.45, 7) is -0.671. The second-order valence-corrected chi connectivity index (χ2v) is 2.22. The van der Waals surface area contributed by atoms with Gasteiger partial charge in [-0.1, -0.05) is 0 Å². The van der Waals surface area contributed by atoms with E-state index in [0.29, 0.717) is 6.29 Å². The van der Waals surface area contributed by atoms with Gasteiger partial charge in [-0.15, -0.1) is 0 Å². The number of aldehydes is 1. The first-order valence-electron chi connectivity index (χ1n) is 3.59. The molecule has 0 heterocycles. The summed E-state index contributed by atoms with van der Waals surface area (Å²) in [6, 6.07) is 0. The summed E-state index contributed by atoms with van der Waals surface area (Å²) >= 11 is 0. The van der Waals surface area contributed by atoms with Crippen LogP contribution in [0.1, 0.15) is 12.8 Å². The van der Waals surface area contributed by atoms with Gasteiger partial charge < -0.3 is 19.7 Å². The molecular weight excluding hydrogens is 164 g/mol. The first-order chi connectivity index (χ1) is 5.70. The number of carbonyl (C=O) groups excluding carboxylic acids is 2. The average Bonchev–Trinajstić information content (AvgIpc) is 2.10. The van der Waals surface area contributed by atoms with Gasteiger partial charge in [0.15, 0.2) is 0 Å². The molecule has 12 heavy (non-hydrogen) atoms. The van der Waals surface area contributed by atoms with E-state index < -0.39 is 18.7 Å². The predicted octanol–water partition coefficient (Wildman–Crippen LogP) is -1.14. The molecule has 0 spiro atoms. The van der Waals surface area contributed by atoms with Gasteiger partial charge in [0.05, 0.1) is 13.0 Å². The summed E-state index contributed by atoms with van der Waals surface area (Å²) in [4.78, 5) is 20.5. The minimum Gasteiger partial charge on any atom is -0.463 e. The molecule has 5 heteroatoms. The molecule has 0 aliphatic heterocycles. The standard InChI is InChI=1S/C7H12O5/c8-3-1-2-7(11)12-5-6(10)4-9/h3,6,9-10H,1-2,4-5H2. The topological polar surface area (TPSA) is 83.8 Å². The summed E-state index contributed by atoms with van der Waals surface area (Å²) in [5.41, 5.74) is 0. The molecule has 0 radical (unpaired) electrons. The van der Waals surface area contributed by atoms with E-state index >= 15 is 0 Å². The van der Waals surface area contributed by atoms with Gasteiger partial charge >= 0.3 is 5.97 Å². The number of carbonyl (C=O) groups is 2. The molecule has 0 saturated heterocycles. The summed E-state index contributed by atoms with van der Waals surface area (Å²) in [5, 5.41) is 17.1. The third-order valence-corrected chi connectivity index (χ3v) is 1.11. The SMILES string of the molecule is O=CCCC(=O)OCC(O)CO. The zero-order chi connectivity index (χ0) is 9.40. The van der Waals surface area contributed by atoms with Crippen LogP contribution in [0.4, 0.5) is 0 Å². The van der Waals surface area contributed by atoms with Crippen molar-refractivity contribution in [2.24, 2.45) is 0 Å². The third-order valence-electron chi connectivity index (χ3n) is 1.11. The number of rotatable bonds is 6. The van der Waals surface area contributed by atoms with Crippen molar-refractivity contribution in [3.05, 3.63) is 0 Å². The lowest BCUT2D eigenvalue weighted by Crippen LogP contribution is -2.21. The summed E-state index contributed by atoms with van der Waals surface area (Å²) in [5.74, 6) is -0.547. The van der Waals surface area contributed by atoms with Crippen molar-refractivity contribution < 1.29 is 24.5 Å². The summed E-state index contributed by atoms with van der Waals surface area (Å²) in [7, 11) is 0. The van der Waals surface area contributed by atoms with Gasteiger partial charge in [0, 0.05) is 6.42 Å². The zero-order valence-electron chi connectivity index (χ0n) is 6.60. The second kappa shape index (κ2) is 6.75. The third kappa shape index (κ3) is 5.82. The molecule has 2 N–H and O–H groups in total. The highest BCUT2D eigenvalue weighted by molar-refractivity contribution is 5.72. The summed E-state index contributed by atoms with van der Waals surface area (Å²) < 4.78 is 4.49. The zero-order valence-corrected chi connectivity index (χ0v) is 6.60. The van der Waals surface area contributed by atoms with Gasteiger partial charge in [0.25, 0.3) is 0 Å². The Morgan fingerprint density at radius 1 is 1.58 bits per heavy atom. The smallest absolute Gasteiger partial charge is 0.306 e. The fraction of sp³-hybridized carbons (Fsp3) is 0.714. The largest absolute Gasteiger partial charge is 0.463 e. The summed E-state index contributed by atoms with van der Waals surface area (Å²) in [6.07, 6.45) is -0.287. The van der Waals surface area contributed by atoms with E-state index in [4.69, 9.17) is 10.2 Å². The van der Waals surface area contributed by atoms with Crippen LogP contribution in [0.5, 0.6) is 0 Å². The molecule has 1 unspecified atom stereocenters. The number of aliphatic hydroxyl groups excluding tert-OH is 2. The minimum absolute atomic E-state index is 0.0155. The Morgan fingerprint density at radius 2 is 2.25 bits per heavy atom. The van der Waals surface area contributed by atoms with Crippen LogP contribution in [0, 0.1) is 0 Å². The number of hydrogen-bond acceptors (Lipinski definition) is 5. The van der Waals surface area contributed by atoms with Crippen molar-refractivity contribution in [2.45, 2.75) is 18.9 Å². The lowest BCUT2D eigenvalue weighted by molar-refractivity contribution is -0.147. The Morgan fingerprint density at radius 3 is 2.75 bits per heavy atom. The van der Waals surface area contributed by atoms with E-state index in [9.17, 15) is 9.59 Å². The van der Waals surface area contributed by atoms with Gasteiger partial charge in [-0.05, 0) is 0 Å². The first kappa shape index (κ1) is 11.1. The van der Waals surface area contributed by atoms with Crippen molar-refractivity contribution >= 4 is 12.3 Å². The highest BCUT2D eigenvalue weighted by Crippen LogP contribution is 1.91. The van der Waals surface area contributed by atoms with Crippen molar-refractivity contribution in [2.75, 3.05) is 13.2 Å². The van der Waals surface area contributed by atoms with Gasteiger partial charge in [-0.2, -0.15) is 0 Å². The maximum Gasteiger partial charge on any atom is 0.306 e. The van der Waals surface area contributed by atoms with Gasteiger partial charge in [0.2, 0.25) is 0 Å². The minimum atomic E-state index is -1.04. The van der Waals surface area contributed by atoms with Crippen molar-refractivity contribution in [1.29, 1.82) is 0 Å². The molecule has 0 aliphatic carbocycles. The number of ether oxygens (including phenoxy) is 1. The lowest BCUT2D eigenvalue weighted by Gasteiger charge is -2.07. The monoisotopic (exact) mass is 176 g/mol.